The van der Waals surface area contributed by atoms with E-state index in [1.807, 2.05) is 0 Å². The number of aliphatic imine (C=N–C) groups is 1. The van der Waals surface area contributed by atoms with Gasteiger partial charge in [0, 0.05) is 5.54 Å². The molecule has 0 atom stereocenters. The number of nitrogens with one attached hydrogen (secondary N) is 2. The highest BCUT2D eigenvalue weighted by molar-refractivity contribution is 7.90. The minimum absolute atomic E-state index is 0.0429. The first-order chi connectivity index (χ1) is 10.8. The number of rotatable bonds is 2. The second kappa shape index (κ2) is 5.69. The predicted octanol–water partition coefficient (Wildman–Crippen LogP) is 0.944. The molecule has 23 heavy (non-hydrogen) atoms. The Kier molecular flexibility index (Phi) is 3.98. The van der Waals surface area contributed by atoms with Gasteiger partial charge < -0.3 is 5.32 Å². The smallest absolute Gasteiger partial charge is 0.266 e. The molecule has 8 nitrogen and oxygen atoms in total. The third kappa shape index (κ3) is 3.28. The minimum atomic E-state index is -3.77. The van der Waals surface area contributed by atoms with E-state index in [-0.39, 0.29) is 16.4 Å². The summed E-state index contributed by atoms with van der Waals surface area (Å²) in [6.45, 7) is 7.18. The van der Waals surface area contributed by atoms with E-state index in [4.69, 9.17) is 0 Å². The predicted molar refractivity (Wildman–Crippen MR) is 89.6 cm³/mol. The number of nitrogens with zero attached hydrogens (tertiary/aromatic N) is 4. The Morgan fingerprint density at radius 3 is 2.74 bits per heavy atom. The summed E-state index contributed by atoms with van der Waals surface area (Å²) in [6.07, 6.45) is 0. The van der Waals surface area contributed by atoms with Gasteiger partial charge in [0.15, 0.2) is 0 Å². The molecule has 0 bridgehead atoms. The summed E-state index contributed by atoms with van der Waals surface area (Å²) in [5, 5.41) is 3.00. The van der Waals surface area contributed by atoms with Gasteiger partial charge in [-0.2, -0.15) is 8.75 Å². The number of sulfonamides is 1. The second-order valence-corrected chi connectivity index (χ2v) is 8.37. The Balaban J connectivity index is 1.83. The van der Waals surface area contributed by atoms with Crippen LogP contribution in [0.15, 0.2) is 28.1 Å². The van der Waals surface area contributed by atoms with E-state index >= 15 is 0 Å². The molecule has 2 N–H and O–H groups in total. The first kappa shape index (κ1) is 16.1. The Morgan fingerprint density at radius 1 is 1.30 bits per heavy atom. The summed E-state index contributed by atoms with van der Waals surface area (Å²) in [5.41, 5.74) is 0.895. The molecule has 0 saturated heterocycles. The van der Waals surface area contributed by atoms with Crippen molar-refractivity contribution in [3.05, 3.63) is 18.2 Å². The minimum Gasteiger partial charge on any atom is -0.343 e. The van der Waals surface area contributed by atoms with Crippen LogP contribution in [0.25, 0.3) is 11.0 Å². The average Bonchev–Trinajstić information content (AvgIpc) is 2.94. The molecular weight excluding hydrogens is 336 g/mol. The zero-order chi connectivity index (χ0) is 16.7. The van der Waals surface area contributed by atoms with Gasteiger partial charge in [0.2, 0.25) is 5.96 Å². The fourth-order valence-electron chi connectivity index (χ4n) is 2.13. The van der Waals surface area contributed by atoms with Gasteiger partial charge >= 0.3 is 0 Å². The summed E-state index contributed by atoms with van der Waals surface area (Å²) in [4.78, 5) is 6.46. The third-order valence-corrected chi connectivity index (χ3v) is 5.47. The van der Waals surface area contributed by atoms with E-state index in [9.17, 15) is 8.42 Å². The normalized spacial score (nSPS) is 16.9. The van der Waals surface area contributed by atoms with E-state index in [0.717, 1.165) is 11.7 Å². The molecule has 2 aromatic rings. The van der Waals surface area contributed by atoms with E-state index in [1.54, 1.807) is 12.1 Å². The van der Waals surface area contributed by atoms with Gasteiger partial charge in [-0.1, -0.05) is 6.07 Å². The SMILES string of the molecule is CC(C)(C)N1CN=C(NS(=O)(=O)c2cccc3nsnc23)NC1. The monoisotopic (exact) mass is 354 g/mol. The van der Waals surface area contributed by atoms with Gasteiger partial charge in [-0.05, 0) is 32.9 Å². The molecule has 0 radical (unpaired) electrons. The summed E-state index contributed by atoms with van der Waals surface area (Å²) < 4.78 is 35.8. The molecule has 0 saturated carbocycles. The van der Waals surface area contributed by atoms with Crippen LogP contribution in [0.1, 0.15) is 20.8 Å². The Labute approximate surface area is 139 Å². The van der Waals surface area contributed by atoms with Crippen LogP contribution in [0.3, 0.4) is 0 Å². The molecular formula is C13H18N6O2S2. The van der Waals surface area contributed by atoms with E-state index in [1.165, 1.54) is 6.07 Å². The molecule has 0 unspecified atom stereocenters. The largest absolute Gasteiger partial charge is 0.343 e. The van der Waals surface area contributed by atoms with Crippen molar-refractivity contribution in [3.8, 4) is 0 Å². The lowest BCUT2D eigenvalue weighted by atomic mass is 10.1. The molecule has 1 aromatic carbocycles. The van der Waals surface area contributed by atoms with Crippen LogP contribution in [0.2, 0.25) is 0 Å². The highest BCUT2D eigenvalue weighted by Crippen LogP contribution is 2.21. The lowest BCUT2D eigenvalue weighted by Crippen LogP contribution is -2.55. The molecule has 1 aliphatic heterocycles. The lowest BCUT2D eigenvalue weighted by molar-refractivity contribution is 0.130. The number of aromatic nitrogens is 2. The van der Waals surface area contributed by atoms with Crippen molar-refractivity contribution < 1.29 is 8.42 Å². The molecule has 1 aliphatic rings. The first-order valence-corrected chi connectivity index (χ1v) is 9.26. The van der Waals surface area contributed by atoms with Gasteiger partial charge in [0.25, 0.3) is 10.0 Å². The van der Waals surface area contributed by atoms with Gasteiger partial charge in [-0.15, -0.1) is 0 Å². The molecule has 1 aromatic heterocycles. The lowest BCUT2D eigenvalue weighted by Gasteiger charge is -2.37. The second-order valence-electron chi connectivity index (χ2n) is 6.19. The van der Waals surface area contributed by atoms with E-state index in [2.05, 4.69) is 49.4 Å². The molecule has 10 heteroatoms. The fraction of sp³-hybridized carbons (Fsp3) is 0.462. The van der Waals surface area contributed by atoms with Crippen LogP contribution in [0.5, 0.6) is 0 Å². The maximum Gasteiger partial charge on any atom is 0.266 e. The number of fused-ring (bicyclic) bond motifs is 1. The Bertz CT molecular complexity index is 853. The van der Waals surface area contributed by atoms with Crippen molar-refractivity contribution in [1.29, 1.82) is 0 Å². The third-order valence-electron chi connectivity index (χ3n) is 3.56. The number of guanidine groups is 1. The molecule has 124 valence electrons. The van der Waals surface area contributed by atoms with Crippen molar-refractivity contribution in [2.24, 2.45) is 4.99 Å². The van der Waals surface area contributed by atoms with Crippen molar-refractivity contribution in [3.63, 3.8) is 0 Å². The van der Waals surface area contributed by atoms with Gasteiger partial charge in [-0.3, -0.25) is 4.90 Å². The van der Waals surface area contributed by atoms with Crippen molar-refractivity contribution in [2.75, 3.05) is 13.3 Å². The van der Waals surface area contributed by atoms with E-state index in [0.29, 0.717) is 24.4 Å². The van der Waals surface area contributed by atoms with Crippen LogP contribution in [0, 0.1) is 0 Å². The average molecular weight is 354 g/mol. The van der Waals surface area contributed by atoms with Crippen molar-refractivity contribution in [1.82, 2.24) is 23.7 Å². The topological polar surface area (TPSA) is 99.6 Å². The van der Waals surface area contributed by atoms with Gasteiger partial charge in [-0.25, -0.2) is 18.1 Å². The highest BCUT2D eigenvalue weighted by atomic mass is 32.2. The quantitative estimate of drug-likeness (QED) is 0.833. The van der Waals surface area contributed by atoms with Crippen LogP contribution < -0.4 is 10.0 Å². The van der Waals surface area contributed by atoms with Gasteiger partial charge in [0.1, 0.15) is 15.9 Å². The number of hydrogen-bond acceptors (Lipinski definition) is 8. The Morgan fingerprint density at radius 2 is 2.09 bits per heavy atom. The van der Waals surface area contributed by atoms with Crippen LogP contribution in [0.4, 0.5) is 0 Å². The zero-order valence-corrected chi connectivity index (χ0v) is 14.7. The highest BCUT2D eigenvalue weighted by Gasteiger charge is 2.26. The number of benzene rings is 1. The van der Waals surface area contributed by atoms with Crippen LogP contribution >= 0.6 is 11.7 Å². The summed E-state index contributed by atoms with van der Waals surface area (Å²) in [6, 6.07) is 4.89. The molecule has 0 fully saturated rings. The molecule has 0 spiro atoms. The van der Waals surface area contributed by atoms with Crippen LogP contribution in [-0.4, -0.2) is 46.9 Å². The molecule has 0 aliphatic carbocycles. The summed E-state index contributed by atoms with van der Waals surface area (Å²) in [7, 11) is -3.77. The zero-order valence-electron chi connectivity index (χ0n) is 13.1. The summed E-state index contributed by atoms with van der Waals surface area (Å²) in [5.74, 6) is 0.241. The summed E-state index contributed by atoms with van der Waals surface area (Å²) >= 11 is 0.987. The van der Waals surface area contributed by atoms with Gasteiger partial charge in [0.05, 0.1) is 25.1 Å². The molecule has 3 rings (SSSR count). The maximum atomic E-state index is 12.6. The van der Waals surface area contributed by atoms with E-state index < -0.39 is 10.0 Å². The maximum absolute atomic E-state index is 12.6. The van der Waals surface area contributed by atoms with Crippen molar-refractivity contribution in [2.45, 2.75) is 31.2 Å². The first-order valence-electron chi connectivity index (χ1n) is 7.05. The molecule has 0 amide bonds. The Hall–Kier alpha value is -1.78. The standard InChI is InChI=1S/C13H18N6O2S2/c1-13(2,3)19-7-14-12(15-8-19)18-23(20,21)10-6-4-5-9-11(10)17-22-16-9/h4-6H,7-8H2,1-3H3,(H2,14,15,18). The molecule has 2 heterocycles. The fourth-order valence-corrected chi connectivity index (χ4v) is 3.90. The van der Waals surface area contributed by atoms with Crippen LogP contribution in [-0.2, 0) is 10.0 Å². The van der Waals surface area contributed by atoms with Crippen molar-refractivity contribution >= 4 is 38.7 Å². The number of hydrogen-bond donors (Lipinski definition) is 2.